The number of hydrogen-bond acceptors (Lipinski definition) is 7. The van der Waals surface area contributed by atoms with Crippen LogP contribution in [0.4, 0.5) is 5.69 Å². The zero-order chi connectivity index (χ0) is 34.1. The summed E-state index contributed by atoms with van der Waals surface area (Å²) in [6.07, 6.45) is 10.7. The molecular weight excluding hydrogens is 620 g/mol. The summed E-state index contributed by atoms with van der Waals surface area (Å²) in [5.74, 6) is -0.689. The van der Waals surface area contributed by atoms with Gasteiger partial charge in [-0.15, -0.1) is 0 Å². The lowest BCUT2D eigenvalue weighted by Gasteiger charge is -2.29. The first-order chi connectivity index (χ1) is 23.7. The van der Waals surface area contributed by atoms with Gasteiger partial charge in [0.25, 0.3) is 5.91 Å². The van der Waals surface area contributed by atoms with E-state index in [1.807, 2.05) is 30.3 Å². The van der Waals surface area contributed by atoms with Crippen LogP contribution in [-0.4, -0.2) is 49.2 Å². The van der Waals surface area contributed by atoms with Gasteiger partial charge in [-0.25, -0.2) is 0 Å². The fourth-order valence-electron chi connectivity index (χ4n) is 7.94. The second-order valence-corrected chi connectivity index (χ2v) is 13.6. The number of aliphatic hydroxyl groups is 2. The summed E-state index contributed by atoms with van der Waals surface area (Å²) in [6, 6.07) is 16.7. The van der Waals surface area contributed by atoms with E-state index in [0.717, 1.165) is 66.2 Å². The third-order valence-electron chi connectivity index (χ3n) is 10.4. The molecule has 3 aliphatic rings. The van der Waals surface area contributed by atoms with Crippen LogP contribution >= 0.6 is 0 Å². The van der Waals surface area contributed by atoms with E-state index >= 15 is 0 Å². The van der Waals surface area contributed by atoms with Gasteiger partial charge in [-0.05, 0) is 85.2 Å². The first-order valence-electron chi connectivity index (χ1n) is 17.3. The molecule has 0 spiro atoms. The van der Waals surface area contributed by atoms with E-state index in [0.29, 0.717) is 35.7 Å². The molecule has 3 heterocycles. The zero-order valence-electron chi connectivity index (χ0n) is 27.7. The van der Waals surface area contributed by atoms with Gasteiger partial charge in [-0.3, -0.25) is 19.4 Å². The molecule has 2 atom stereocenters. The molecule has 0 unspecified atom stereocenters. The van der Waals surface area contributed by atoms with E-state index in [2.05, 4.69) is 20.2 Å². The van der Waals surface area contributed by atoms with Gasteiger partial charge in [-0.1, -0.05) is 50.3 Å². The minimum atomic E-state index is -1.13. The largest absolute Gasteiger partial charge is 0.435 e. The topological polar surface area (TPSA) is 143 Å². The number of rotatable bonds is 7. The third kappa shape index (κ3) is 6.38. The number of aromatic nitrogens is 2. The molecule has 2 saturated carbocycles. The fraction of sp³-hybridized carbons (Fsp3) is 0.385. The highest BCUT2D eigenvalue weighted by atomic mass is 16.5. The number of nitrogens with zero attached hydrogens (tertiary/aromatic N) is 2. The number of aliphatic hydroxyl groups excluding tert-OH is 2. The van der Waals surface area contributed by atoms with Gasteiger partial charge in [0.15, 0.2) is 0 Å². The van der Waals surface area contributed by atoms with Gasteiger partial charge in [-0.2, -0.15) is 0 Å². The Kier molecular flexibility index (Phi) is 9.09. The highest BCUT2D eigenvalue weighted by molar-refractivity contribution is 6.06. The Hall–Kier alpha value is -4.80. The van der Waals surface area contributed by atoms with Crippen LogP contribution in [-0.2, 0) is 20.9 Å². The van der Waals surface area contributed by atoms with Crippen LogP contribution in [0.25, 0.3) is 28.2 Å². The molecule has 254 valence electrons. The van der Waals surface area contributed by atoms with Gasteiger partial charge in [0.2, 0.25) is 5.91 Å². The Morgan fingerprint density at radius 1 is 0.980 bits per heavy atom. The van der Waals surface area contributed by atoms with Crippen LogP contribution in [0.5, 0.6) is 0 Å². The van der Waals surface area contributed by atoms with Crippen molar-refractivity contribution in [3.63, 3.8) is 0 Å². The minimum absolute atomic E-state index is 0.159. The van der Waals surface area contributed by atoms with Crippen LogP contribution in [0.15, 0.2) is 67.1 Å². The second-order valence-electron chi connectivity index (χ2n) is 13.6. The number of nitrogens with one attached hydrogen (secondary N) is 2. The van der Waals surface area contributed by atoms with Gasteiger partial charge in [0.1, 0.15) is 17.7 Å². The average Bonchev–Trinajstić information content (AvgIpc) is 3.69. The lowest BCUT2D eigenvalue weighted by Crippen LogP contribution is -2.55. The monoisotopic (exact) mass is 662 g/mol. The van der Waals surface area contributed by atoms with Crippen LogP contribution in [0, 0.1) is 0 Å². The van der Waals surface area contributed by atoms with Crippen molar-refractivity contribution in [2.24, 2.45) is 0 Å². The molecule has 2 aromatic carbocycles. The van der Waals surface area contributed by atoms with E-state index in [-0.39, 0.29) is 18.4 Å². The van der Waals surface area contributed by atoms with Crippen molar-refractivity contribution in [1.82, 2.24) is 14.9 Å². The SMILES string of the molecule is CC(=O)O/C=C/c1ccc(NC(=O)C2(NC(=O)c3ccc4c(C5CCCCC5)c5n(c4c3)C[C@@H](O)[C@@H](O)c3ncccc3-5)CCCC2)cc1. The summed E-state index contributed by atoms with van der Waals surface area (Å²) < 4.78 is 6.90. The summed E-state index contributed by atoms with van der Waals surface area (Å²) in [5.41, 5.74) is 5.01. The van der Waals surface area contributed by atoms with Gasteiger partial charge < -0.3 is 30.2 Å². The van der Waals surface area contributed by atoms with E-state index in [1.54, 1.807) is 36.5 Å². The number of carbonyl (C=O) groups is 3. The number of fused-ring (bicyclic) bond motifs is 5. The van der Waals surface area contributed by atoms with Crippen molar-refractivity contribution in [2.45, 2.75) is 94.9 Å². The lowest BCUT2D eigenvalue weighted by molar-refractivity contribution is -0.135. The predicted molar refractivity (Wildman–Crippen MR) is 186 cm³/mol. The number of amides is 2. The normalized spacial score (nSPS) is 20.4. The van der Waals surface area contributed by atoms with Crippen LogP contribution in [0.1, 0.15) is 104 Å². The summed E-state index contributed by atoms with van der Waals surface area (Å²) >= 11 is 0. The molecule has 0 saturated heterocycles. The molecule has 4 aromatic rings. The molecule has 1 aliphatic heterocycles. The molecule has 10 heteroatoms. The van der Waals surface area contributed by atoms with Crippen molar-refractivity contribution in [2.75, 3.05) is 5.32 Å². The third-order valence-corrected chi connectivity index (χ3v) is 10.4. The second kappa shape index (κ2) is 13.6. The van der Waals surface area contributed by atoms with E-state index in [1.165, 1.54) is 25.2 Å². The molecule has 4 N–H and O–H groups in total. The molecule has 0 radical (unpaired) electrons. The van der Waals surface area contributed by atoms with E-state index in [9.17, 15) is 24.6 Å². The van der Waals surface area contributed by atoms with E-state index in [4.69, 9.17) is 4.74 Å². The summed E-state index contributed by atoms with van der Waals surface area (Å²) in [6.45, 7) is 1.49. The molecule has 10 nitrogen and oxygen atoms in total. The van der Waals surface area contributed by atoms with Gasteiger partial charge in [0.05, 0.1) is 24.2 Å². The number of ether oxygens (including phenoxy) is 1. The lowest BCUT2D eigenvalue weighted by atomic mass is 9.81. The molecule has 2 aromatic heterocycles. The van der Waals surface area contributed by atoms with Gasteiger partial charge in [0, 0.05) is 40.8 Å². The Bertz CT molecular complexity index is 1920. The Labute approximate surface area is 285 Å². The maximum Gasteiger partial charge on any atom is 0.307 e. The number of anilines is 1. The van der Waals surface area contributed by atoms with Crippen molar-refractivity contribution in [1.29, 1.82) is 0 Å². The first-order valence-corrected chi connectivity index (χ1v) is 17.3. The molecule has 2 aliphatic carbocycles. The number of benzene rings is 2. The highest BCUT2D eigenvalue weighted by Crippen LogP contribution is 2.47. The smallest absolute Gasteiger partial charge is 0.307 e. The summed E-state index contributed by atoms with van der Waals surface area (Å²) in [4.78, 5) is 43.3. The highest BCUT2D eigenvalue weighted by Gasteiger charge is 2.43. The Balaban J connectivity index is 1.20. The number of carbonyl (C=O) groups excluding carboxylic acids is 3. The van der Waals surface area contributed by atoms with Crippen molar-refractivity contribution in [3.8, 4) is 11.3 Å². The quantitative estimate of drug-likeness (QED) is 0.133. The molecule has 2 fully saturated rings. The van der Waals surface area contributed by atoms with Gasteiger partial charge >= 0.3 is 5.97 Å². The van der Waals surface area contributed by atoms with Crippen molar-refractivity contribution >= 4 is 40.4 Å². The molecule has 49 heavy (non-hydrogen) atoms. The molecule has 2 amide bonds. The van der Waals surface area contributed by atoms with Crippen molar-refractivity contribution < 1.29 is 29.3 Å². The number of pyridine rings is 1. The van der Waals surface area contributed by atoms with Crippen LogP contribution in [0.3, 0.4) is 0 Å². The Morgan fingerprint density at radius 2 is 1.73 bits per heavy atom. The minimum Gasteiger partial charge on any atom is -0.435 e. The average molecular weight is 663 g/mol. The zero-order valence-corrected chi connectivity index (χ0v) is 27.7. The maximum absolute atomic E-state index is 14.0. The van der Waals surface area contributed by atoms with Crippen LogP contribution < -0.4 is 10.6 Å². The first kappa shape index (κ1) is 32.7. The Morgan fingerprint density at radius 3 is 2.47 bits per heavy atom. The summed E-state index contributed by atoms with van der Waals surface area (Å²) in [5, 5.41) is 29.4. The van der Waals surface area contributed by atoms with Crippen molar-refractivity contribution in [3.05, 3.63) is 89.4 Å². The molecular formula is C39H42N4O6. The standard InChI is InChI=1S/C39H42N4O6/c1-24(44)49-21-17-25-11-14-28(15-12-25)41-38(48)39(18-5-6-19-39)42-37(47)27-13-16-29-31(22-27)43-23-32(45)36(46)34-30(10-7-20-40-34)35(43)33(29)26-8-3-2-4-9-26/h7,10-17,20-22,26,32,36,45-46H,2-6,8-9,18-19,23H2,1H3,(H,41,48)(H,42,47)/b21-17+/t32-,36-/m1/s1. The molecule has 7 rings (SSSR count). The van der Waals surface area contributed by atoms with Crippen LogP contribution in [0.2, 0.25) is 0 Å². The summed E-state index contributed by atoms with van der Waals surface area (Å²) in [7, 11) is 0. The predicted octanol–water partition coefficient (Wildman–Crippen LogP) is 6.37. The van der Waals surface area contributed by atoms with E-state index < -0.39 is 23.7 Å². The number of hydrogen-bond donors (Lipinski definition) is 4. The fourth-order valence-corrected chi connectivity index (χ4v) is 7.94. The number of esters is 1. The molecule has 0 bridgehead atoms. The maximum atomic E-state index is 14.0.